The lowest BCUT2D eigenvalue weighted by atomic mass is 10.1. The number of ether oxygens (including phenoxy) is 4. The van der Waals surface area contributed by atoms with E-state index in [-0.39, 0.29) is 18.3 Å². The molecule has 166 valence electrons. The van der Waals surface area contributed by atoms with Crippen molar-refractivity contribution in [2.24, 2.45) is 0 Å². The van der Waals surface area contributed by atoms with E-state index in [9.17, 15) is 0 Å². The SMILES string of the molecule is C1=CO[C@H](COCc2ccccc2)[C@H](OCc2ccccc2)[C@H](OCc2ccccc2)C1. The molecule has 0 N–H and O–H groups in total. The van der Waals surface area contributed by atoms with Crippen LogP contribution < -0.4 is 0 Å². The zero-order valence-electron chi connectivity index (χ0n) is 18.2. The third-order valence-electron chi connectivity index (χ3n) is 5.44. The van der Waals surface area contributed by atoms with E-state index in [0.29, 0.717) is 26.4 Å². The van der Waals surface area contributed by atoms with Crippen LogP contribution in [0.3, 0.4) is 0 Å². The largest absolute Gasteiger partial charge is 0.493 e. The van der Waals surface area contributed by atoms with Crippen molar-refractivity contribution < 1.29 is 18.9 Å². The molecule has 4 nitrogen and oxygen atoms in total. The minimum Gasteiger partial charge on any atom is -0.493 e. The Balaban J connectivity index is 1.42. The fourth-order valence-corrected chi connectivity index (χ4v) is 3.72. The van der Waals surface area contributed by atoms with Crippen LogP contribution in [0.4, 0.5) is 0 Å². The average Bonchev–Trinajstić information content (AvgIpc) is 3.05. The zero-order chi connectivity index (χ0) is 21.8. The van der Waals surface area contributed by atoms with Gasteiger partial charge in [0.05, 0.1) is 38.8 Å². The fourth-order valence-electron chi connectivity index (χ4n) is 3.72. The monoisotopic (exact) mass is 430 g/mol. The molecule has 0 radical (unpaired) electrons. The van der Waals surface area contributed by atoms with Crippen LogP contribution in [0.15, 0.2) is 103 Å². The molecule has 0 saturated heterocycles. The van der Waals surface area contributed by atoms with Gasteiger partial charge in [-0.25, -0.2) is 0 Å². The summed E-state index contributed by atoms with van der Waals surface area (Å²) in [5.74, 6) is 0. The summed E-state index contributed by atoms with van der Waals surface area (Å²) in [5, 5.41) is 0. The molecule has 0 aromatic heterocycles. The minimum atomic E-state index is -0.262. The summed E-state index contributed by atoms with van der Waals surface area (Å²) in [6, 6.07) is 30.5. The molecule has 0 fully saturated rings. The Labute approximate surface area is 190 Å². The maximum Gasteiger partial charge on any atom is 0.150 e. The van der Waals surface area contributed by atoms with Gasteiger partial charge in [-0.05, 0) is 29.2 Å². The van der Waals surface area contributed by atoms with Crippen molar-refractivity contribution in [3.63, 3.8) is 0 Å². The van der Waals surface area contributed by atoms with E-state index in [1.165, 1.54) is 0 Å². The zero-order valence-corrected chi connectivity index (χ0v) is 18.2. The Morgan fingerprint density at radius 2 is 1.19 bits per heavy atom. The molecule has 0 bridgehead atoms. The lowest BCUT2D eigenvalue weighted by Crippen LogP contribution is -2.43. The predicted molar refractivity (Wildman–Crippen MR) is 125 cm³/mol. The summed E-state index contributed by atoms with van der Waals surface area (Å²) >= 11 is 0. The van der Waals surface area contributed by atoms with Crippen molar-refractivity contribution in [1.82, 2.24) is 0 Å². The second-order valence-corrected chi connectivity index (χ2v) is 7.88. The highest BCUT2D eigenvalue weighted by Crippen LogP contribution is 2.23. The van der Waals surface area contributed by atoms with Crippen molar-refractivity contribution in [1.29, 1.82) is 0 Å². The van der Waals surface area contributed by atoms with Gasteiger partial charge in [-0.3, -0.25) is 0 Å². The maximum absolute atomic E-state index is 6.40. The van der Waals surface area contributed by atoms with Gasteiger partial charge in [-0.1, -0.05) is 91.0 Å². The first-order valence-electron chi connectivity index (χ1n) is 11.1. The van der Waals surface area contributed by atoms with Gasteiger partial charge >= 0.3 is 0 Å². The summed E-state index contributed by atoms with van der Waals surface area (Å²) in [5.41, 5.74) is 3.39. The van der Waals surface area contributed by atoms with Gasteiger partial charge in [-0.15, -0.1) is 0 Å². The Hall–Kier alpha value is -2.92. The van der Waals surface area contributed by atoms with E-state index in [0.717, 1.165) is 23.1 Å². The fraction of sp³-hybridized carbons (Fsp3) is 0.286. The van der Waals surface area contributed by atoms with E-state index in [2.05, 4.69) is 36.4 Å². The summed E-state index contributed by atoms with van der Waals surface area (Å²) in [6.45, 7) is 1.98. The van der Waals surface area contributed by atoms with E-state index < -0.39 is 0 Å². The van der Waals surface area contributed by atoms with E-state index in [1.54, 1.807) is 6.26 Å². The molecular weight excluding hydrogens is 400 g/mol. The number of benzene rings is 3. The molecule has 4 heteroatoms. The highest BCUT2D eigenvalue weighted by atomic mass is 16.6. The van der Waals surface area contributed by atoms with Crippen LogP contribution >= 0.6 is 0 Å². The van der Waals surface area contributed by atoms with Crippen LogP contribution in [0, 0.1) is 0 Å². The molecule has 4 rings (SSSR count). The van der Waals surface area contributed by atoms with Crippen LogP contribution in [0.2, 0.25) is 0 Å². The molecule has 0 unspecified atom stereocenters. The lowest BCUT2D eigenvalue weighted by molar-refractivity contribution is -0.144. The molecule has 0 spiro atoms. The van der Waals surface area contributed by atoms with Gasteiger partial charge in [-0.2, -0.15) is 0 Å². The third-order valence-corrected chi connectivity index (χ3v) is 5.44. The number of hydrogen-bond donors (Lipinski definition) is 0. The molecule has 0 saturated carbocycles. The van der Waals surface area contributed by atoms with Crippen molar-refractivity contribution >= 4 is 0 Å². The lowest BCUT2D eigenvalue weighted by Gasteiger charge is -2.31. The van der Waals surface area contributed by atoms with Gasteiger partial charge in [0.15, 0.2) is 0 Å². The molecule has 32 heavy (non-hydrogen) atoms. The van der Waals surface area contributed by atoms with Crippen molar-refractivity contribution in [3.05, 3.63) is 120 Å². The van der Waals surface area contributed by atoms with Crippen LogP contribution in [-0.4, -0.2) is 24.9 Å². The van der Waals surface area contributed by atoms with E-state index >= 15 is 0 Å². The Bertz CT molecular complexity index is 927. The first-order chi connectivity index (χ1) is 15.9. The summed E-state index contributed by atoms with van der Waals surface area (Å²) in [4.78, 5) is 0. The first kappa shape index (κ1) is 22.3. The predicted octanol–water partition coefficient (Wildman–Crippen LogP) is 5.68. The van der Waals surface area contributed by atoms with Crippen molar-refractivity contribution in [2.45, 2.75) is 44.6 Å². The number of hydrogen-bond acceptors (Lipinski definition) is 4. The Morgan fingerprint density at radius 3 is 1.78 bits per heavy atom. The molecular formula is C28H30O4. The molecule has 3 aromatic rings. The van der Waals surface area contributed by atoms with Crippen LogP contribution in [0.1, 0.15) is 23.1 Å². The topological polar surface area (TPSA) is 36.9 Å². The molecule has 3 atom stereocenters. The Morgan fingerprint density at radius 1 is 0.656 bits per heavy atom. The smallest absolute Gasteiger partial charge is 0.150 e. The van der Waals surface area contributed by atoms with Crippen LogP contribution in [-0.2, 0) is 38.8 Å². The average molecular weight is 431 g/mol. The highest BCUT2D eigenvalue weighted by molar-refractivity contribution is 5.15. The third kappa shape index (κ3) is 6.79. The number of rotatable bonds is 10. The van der Waals surface area contributed by atoms with Crippen molar-refractivity contribution in [3.8, 4) is 0 Å². The molecule has 1 heterocycles. The van der Waals surface area contributed by atoms with Gasteiger partial charge in [0, 0.05) is 0 Å². The second-order valence-electron chi connectivity index (χ2n) is 7.88. The first-order valence-corrected chi connectivity index (χ1v) is 11.1. The minimum absolute atomic E-state index is 0.136. The molecule has 1 aliphatic rings. The van der Waals surface area contributed by atoms with E-state index in [4.69, 9.17) is 18.9 Å². The molecule has 1 aliphatic heterocycles. The second kappa shape index (κ2) is 12.2. The highest BCUT2D eigenvalue weighted by Gasteiger charge is 2.34. The van der Waals surface area contributed by atoms with Gasteiger partial charge in [0.1, 0.15) is 12.2 Å². The van der Waals surface area contributed by atoms with Gasteiger partial charge in [0.25, 0.3) is 0 Å². The Kier molecular flexibility index (Phi) is 8.50. The summed E-state index contributed by atoms with van der Waals surface area (Å²) in [6.07, 6.45) is 3.82. The quantitative estimate of drug-likeness (QED) is 0.415. The molecule has 3 aromatic carbocycles. The molecule has 0 amide bonds. The summed E-state index contributed by atoms with van der Waals surface area (Å²) < 4.78 is 24.8. The normalized spacial score (nSPS) is 20.4. The van der Waals surface area contributed by atoms with Gasteiger partial charge < -0.3 is 18.9 Å². The standard InChI is InChI=1S/C28H30O4/c1-4-11-23(12-5-1)19-29-22-27-28(32-21-25-15-8-3-9-16-25)26(17-10-18-30-27)31-20-24-13-6-2-7-14-24/h1-16,18,26-28H,17,19-22H2/t26-,27-,28-/m1/s1. The van der Waals surface area contributed by atoms with Crippen LogP contribution in [0.5, 0.6) is 0 Å². The van der Waals surface area contributed by atoms with E-state index in [1.807, 2.05) is 60.7 Å². The van der Waals surface area contributed by atoms with Gasteiger partial charge in [0.2, 0.25) is 0 Å². The summed E-state index contributed by atoms with van der Waals surface area (Å²) in [7, 11) is 0. The molecule has 0 aliphatic carbocycles. The van der Waals surface area contributed by atoms with Crippen molar-refractivity contribution in [2.75, 3.05) is 6.61 Å². The van der Waals surface area contributed by atoms with Crippen LogP contribution in [0.25, 0.3) is 0 Å². The maximum atomic E-state index is 6.40.